The topological polar surface area (TPSA) is 48.5 Å². The van der Waals surface area contributed by atoms with Crippen molar-refractivity contribution in [3.63, 3.8) is 0 Å². The monoisotopic (exact) mass is 921 g/mol. The lowest BCUT2D eigenvalue weighted by atomic mass is 9.91. The zero-order valence-electron chi connectivity index (χ0n) is 39.9. The summed E-state index contributed by atoms with van der Waals surface area (Å²) in [6, 6.07) is 88.0. The number of benzene rings is 11. The average molecular weight is 922 g/mol. The minimum Gasteiger partial charge on any atom is -0.309 e. The summed E-state index contributed by atoms with van der Waals surface area (Å²) < 4.78 is 4.80. The van der Waals surface area contributed by atoms with Crippen LogP contribution in [-0.2, 0) is 0 Å². The average Bonchev–Trinajstić information content (AvgIpc) is 3.96. The first-order valence-electron chi connectivity index (χ1n) is 24.5. The van der Waals surface area contributed by atoms with Crippen LogP contribution >= 0.6 is 0 Å². The number of para-hydroxylation sites is 4. The Hall–Kier alpha value is -9.45. The van der Waals surface area contributed by atoms with Crippen LogP contribution in [0.4, 0.5) is 0 Å². The summed E-state index contributed by atoms with van der Waals surface area (Å²) in [5.74, 6) is 2.00. The van der Waals surface area contributed by atoms with E-state index in [0.717, 1.165) is 27.8 Å². The van der Waals surface area contributed by atoms with Gasteiger partial charge in [0.15, 0.2) is 17.5 Å². The molecule has 5 heteroatoms. The molecule has 3 aromatic heterocycles. The summed E-state index contributed by atoms with van der Waals surface area (Å²) in [5, 5.41) is 10.1. The number of aromatic nitrogens is 5. The Morgan fingerprint density at radius 2 is 0.625 bits per heavy atom. The Labute approximate surface area is 417 Å². The van der Waals surface area contributed by atoms with Crippen molar-refractivity contribution in [2.45, 2.75) is 13.8 Å². The van der Waals surface area contributed by atoms with Crippen molar-refractivity contribution in [1.29, 1.82) is 0 Å². The van der Waals surface area contributed by atoms with Crippen molar-refractivity contribution in [2.24, 2.45) is 0 Å². The van der Waals surface area contributed by atoms with Crippen molar-refractivity contribution >= 4 is 65.2 Å². The van der Waals surface area contributed by atoms with Crippen LogP contribution in [0.3, 0.4) is 0 Å². The Morgan fingerprint density at radius 1 is 0.264 bits per heavy atom. The maximum atomic E-state index is 4.97. The van der Waals surface area contributed by atoms with E-state index in [2.05, 4.69) is 211 Å². The molecule has 0 aliphatic carbocycles. The molecule has 0 unspecified atom stereocenters. The lowest BCUT2D eigenvalue weighted by Crippen LogP contribution is -2.00. The molecule has 72 heavy (non-hydrogen) atoms. The van der Waals surface area contributed by atoms with Gasteiger partial charge in [0.2, 0.25) is 0 Å². The highest BCUT2D eigenvalue weighted by Gasteiger charge is 2.18. The third-order valence-electron chi connectivity index (χ3n) is 13.8. The number of hydrogen-bond donors (Lipinski definition) is 0. The van der Waals surface area contributed by atoms with Crippen molar-refractivity contribution in [2.75, 3.05) is 0 Å². The van der Waals surface area contributed by atoms with Gasteiger partial charge in [0.05, 0.1) is 22.1 Å². The molecule has 0 aliphatic rings. The van der Waals surface area contributed by atoms with Crippen molar-refractivity contribution in [3.8, 4) is 56.7 Å². The first kappa shape index (κ1) is 42.6. The van der Waals surface area contributed by atoms with Crippen LogP contribution in [-0.4, -0.2) is 24.1 Å². The molecule has 11 aromatic carbocycles. The lowest BCUT2D eigenvalue weighted by molar-refractivity contribution is 1.07. The number of nitrogens with zero attached hydrogens (tertiary/aromatic N) is 5. The van der Waals surface area contributed by atoms with E-state index < -0.39 is 0 Å². The maximum absolute atomic E-state index is 4.97. The molecule has 0 bridgehead atoms. The molecule has 5 nitrogen and oxygen atoms in total. The summed E-state index contributed by atoms with van der Waals surface area (Å²) in [5.41, 5.74) is 15.0. The molecule has 0 N–H and O–H groups in total. The van der Waals surface area contributed by atoms with Crippen molar-refractivity contribution in [1.82, 2.24) is 24.1 Å². The lowest BCUT2D eigenvalue weighted by Gasteiger charge is -2.14. The van der Waals surface area contributed by atoms with Gasteiger partial charge < -0.3 is 9.13 Å². The fraction of sp³-hybridized carbons (Fsp3) is 0.0299. The first-order chi connectivity index (χ1) is 35.5. The van der Waals surface area contributed by atoms with Gasteiger partial charge in [-0.15, -0.1) is 0 Å². The molecule has 0 atom stereocenters. The van der Waals surface area contributed by atoms with Crippen LogP contribution < -0.4 is 0 Å². The van der Waals surface area contributed by atoms with E-state index >= 15 is 0 Å². The number of hydrogen-bond acceptors (Lipinski definition) is 3. The highest BCUT2D eigenvalue weighted by atomic mass is 15.0. The van der Waals surface area contributed by atoms with Gasteiger partial charge in [0, 0.05) is 49.6 Å². The van der Waals surface area contributed by atoms with Gasteiger partial charge in [-0.3, -0.25) is 0 Å². The summed E-state index contributed by atoms with van der Waals surface area (Å²) in [6.45, 7) is 4.32. The van der Waals surface area contributed by atoms with E-state index in [-0.39, 0.29) is 0 Å². The van der Waals surface area contributed by atoms with Crippen LogP contribution in [0, 0.1) is 13.8 Å². The van der Waals surface area contributed by atoms with Gasteiger partial charge in [-0.2, -0.15) is 0 Å². The first-order valence-corrected chi connectivity index (χ1v) is 24.5. The Kier molecular flexibility index (Phi) is 10.5. The Morgan fingerprint density at radius 3 is 1.11 bits per heavy atom. The number of fused-ring (bicyclic) bond motifs is 9. The van der Waals surface area contributed by atoms with Crippen LogP contribution in [0.2, 0.25) is 0 Å². The molecule has 0 saturated carbocycles. The number of aryl methyl sites for hydroxylation is 2. The van der Waals surface area contributed by atoms with E-state index in [1.54, 1.807) is 0 Å². The third kappa shape index (κ3) is 7.56. The summed E-state index contributed by atoms with van der Waals surface area (Å²) in [7, 11) is 0. The largest absolute Gasteiger partial charge is 0.309 e. The Bertz CT molecular complexity index is 4060. The predicted molar refractivity (Wildman–Crippen MR) is 301 cm³/mol. The second-order valence-corrected chi connectivity index (χ2v) is 18.6. The van der Waals surface area contributed by atoms with Crippen LogP contribution in [0.5, 0.6) is 0 Å². The van der Waals surface area contributed by atoms with E-state index in [9.17, 15) is 0 Å². The summed E-state index contributed by atoms with van der Waals surface area (Å²) in [4.78, 5) is 14.8. The molecular formula is C67H47N5. The van der Waals surface area contributed by atoms with Gasteiger partial charge in [0.1, 0.15) is 0 Å². The molecule has 14 aromatic rings. The minimum absolute atomic E-state index is 0.665. The molecule has 0 spiro atoms. The van der Waals surface area contributed by atoms with Crippen molar-refractivity contribution < 1.29 is 0 Å². The minimum atomic E-state index is 0.665. The van der Waals surface area contributed by atoms with E-state index in [1.807, 2.05) is 60.7 Å². The van der Waals surface area contributed by atoms with Gasteiger partial charge in [-0.05, 0) is 118 Å². The van der Waals surface area contributed by atoms with Crippen molar-refractivity contribution in [3.05, 3.63) is 260 Å². The molecule has 0 fully saturated rings. The van der Waals surface area contributed by atoms with Gasteiger partial charge in [0.25, 0.3) is 0 Å². The standard InChI is InChI=1S/C36H25N3.C31H22N2/c1-24-20-28(33-23-27-16-8-9-17-30(27)31-18-10-11-19-32(31)33)22-29(21-24)36-38-34(25-12-4-2-5-13-25)37-35(39-36)26-14-6-3-7-15-26;1-21-18-22(32-28-14-6-2-10-24(28)25-11-3-7-15-29(25)32)20-23(19-21)33-30-16-8-4-12-26(30)27-13-5-9-17-31(27)33/h2-23H,1H3;2-20H,1H3. The molecule has 0 radical (unpaired) electrons. The molecule has 14 rings (SSSR count). The third-order valence-corrected chi connectivity index (χ3v) is 13.8. The highest BCUT2D eigenvalue weighted by Crippen LogP contribution is 2.39. The summed E-state index contributed by atoms with van der Waals surface area (Å²) in [6.07, 6.45) is 0. The zero-order valence-corrected chi connectivity index (χ0v) is 39.9. The van der Waals surface area contributed by atoms with E-state index in [0.29, 0.717) is 17.5 Å². The maximum Gasteiger partial charge on any atom is 0.164 e. The predicted octanol–water partition coefficient (Wildman–Crippen LogP) is 17.3. The molecular weight excluding hydrogens is 875 g/mol. The summed E-state index contributed by atoms with van der Waals surface area (Å²) >= 11 is 0. The fourth-order valence-electron chi connectivity index (χ4n) is 10.7. The molecule has 3 heterocycles. The van der Waals surface area contributed by atoms with Gasteiger partial charge >= 0.3 is 0 Å². The zero-order chi connectivity index (χ0) is 48.1. The smallest absolute Gasteiger partial charge is 0.164 e. The van der Waals surface area contributed by atoms with Crippen LogP contribution in [0.25, 0.3) is 122 Å². The number of rotatable bonds is 6. The normalized spacial score (nSPS) is 11.5. The fourth-order valence-corrected chi connectivity index (χ4v) is 10.7. The highest BCUT2D eigenvalue weighted by molar-refractivity contribution is 6.14. The van der Waals surface area contributed by atoms with Crippen LogP contribution in [0.1, 0.15) is 11.1 Å². The Balaban J connectivity index is 0.000000142. The second-order valence-electron chi connectivity index (χ2n) is 18.6. The molecule has 0 amide bonds. The van der Waals surface area contributed by atoms with E-state index in [4.69, 9.17) is 15.0 Å². The molecule has 340 valence electrons. The van der Waals surface area contributed by atoms with Crippen LogP contribution in [0.15, 0.2) is 249 Å². The van der Waals surface area contributed by atoms with Gasteiger partial charge in [-0.25, -0.2) is 15.0 Å². The van der Waals surface area contributed by atoms with Gasteiger partial charge in [-0.1, -0.05) is 188 Å². The van der Waals surface area contributed by atoms with E-state index in [1.165, 1.54) is 87.7 Å². The quantitative estimate of drug-likeness (QED) is 0.156. The molecule has 0 aliphatic heterocycles. The molecule has 0 saturated heterocycles. The second kappa shape index (κ2) is 17.8. The SMILES string of the molecule is Cc1cc(-c2nc(-c3ccccc3)nc(-c3ccccc3)n2)cc(-c2cc3ccccc3c3ccccc23)c1.Cc1cc(-n2c3ccccc3c3ccccc32)cc(-n2c3ccccc3c3ccccc32)c1.